The largest absolute Gasteiger partial charge is 0.336 e. The molecule has 0 bridgehead atoms. The number of hydrogen-bond donors (Lipinski definition) is 1. The number of halogens is 2. The lowest BCUT2D eigenvalue weighted by molar-refractivity contribution is 0.0782. The Morgan fingerprint density at radius 2 is 2.05 bits per heavy atom. The van der Waals surface area contributed by atoms with Crippen LogP contribution in [0.25, 0.3) is 5.69 Å². The zero-order valence-corrected chi connectivity index (χ0v) is 14.6. The van der Waals surface area contributed by atoms with Crippen LogP contribution in [0.2, 0.25) is 0 Å². The molecule has 1 aromatic heterocycles. The molecule has 1 aromatic carbocycles. The second kappa shape index (κ2) is 6.81. The molecule has 1 fully saturated rings. The van der Waals surface area contributed by atoms with E-state index in [1.807, 2.05) is 31.2 Å². The van der Waals surface area contributed by atoms with E-state index < -0.39 is 0 Å². The molecular weight excluding hydrogens is 368 g/mol. The van der Waals surface area contributed by atoms with Crippen molar-refractivity contribution < 1.29 is 4.79 Å². The zero-order valence-electron chi connectivity index (χ0n) is 12.2. The molecule has 0 aliphatic carbocycles. The monoisotopic (exact) mass is 384 g/mol. The maximum absolute atomic E-state index is 12.7. The molecule has 0 spiro atoms. The van der Waals surface area contributed by atoms with E-state index in [2.05, 4.69) is 21.0 Å². The van der Waals surface area contributed by atoms with E-state index in [0.29, 0.717) is 23.4 Å². The molecule has 0 saturated carbocycles. The molecule has 7 heteroatoms. The third-order valence-corrected chi connectivity index (χ3v) is 4.08. The molecule has 2 aromatic rings. The van der Waals surface area contributed by atoms with Crippen LogP contribution in [0.5, 0.6) is 0 Å². The van der Waals surface area contributed by atoms with Gasteiger partial charge in [-0.2, -0.15) is 5.10 Å². The topological polar surface area (TPSA) is 64.2 Å². The quantitative estimate of drug-likeness (QED) is 0.864. The molecule has 5 nitrogen and oxygen atoms in total. The minimum atomic E-state index is -0.0262. The molecule has 118 valence electrons. The van der Waals surface area contributed by atoms with Crippen LogP contribution in [-0.2, 0) is 0 Å². The first-order valence-corrected chi connectivity index (χ1v) is 7.71. The van der Waals surface area contributed by atoms with Crippen molar-refractivity contribution in [2.24, 2.45) is 5.73 Å². The number of hydrogen-bond acceptors (Lipinski definition) is 3. The summed E-state index contributed by atoms with van der Waals surface area (Å²) in [5, 5.41) is 4.38. The van der Waals surface area contributed by atoms with Crippen molar-refractivity contribution >= 4 is 34.2 Å². The van der Waals surface area contributed by atoms with Gasteiger partial charge in [-0.1, -0.05) is 17.7 Å². The average molecular weight is 386 g/mol. The number of aromatic nitrogens is 2. The Morgan fingerprint density at radius 3 is 2.64 bits per heavy atom. The average Bonchev–Trinajstić information content (AvgIpc) is 3.05. The lowest BCUT2D eigenvalue weighted by Crippen LogP contribution is -2.33. The zero-order chi connectivity index (χ0) is 15.0. The summed E-state index contributed by atoms with van der Waals surface area (Å²) in [7, 11) is 0. The van der Waals surface area contributed by atoms with Crippen molar-refractivity contribution in [1.82, 2.24) is 14.7 Å². The van der Waals surface area contributed by atoms with Gasteiger partial charge in [0.1, 0.15) is 10.3 Å². The summed E-state index contributed by atoms with van der Waals surface area (Å²) in [5.74, 6) is -0.0262. The van der Waals surface area contributed by atoms with E-state index in [1.165, 1.54) is 5.56 Å². The van der Waals surface area contributed by atoms with Gasteiger partial charge >= 0.3 is 0 Å². The van der Waals surface area contributed by atoms with Crippen molar-refractivity contribution in [3.05, 3.63) is 46.2 Å². The number of amides is 1. The third kappa shape index (κ3) is 3.34. The number of benzene rings is 1. The predicted molar refractivity (Wildman–Crippen MR) is 91.7 cm³/mol. The fourth-order valence-electron chi connectivity index (χ4n) is 2.52. The van der Waals surface area contributed by atoms with Crippen molar-refractivity contribution in [1.29, 1.82) is 0 Å². The van der Waals surface area contributed by atoms with E-state index in [0.717, 1.165) is 12.1 Å². The second-order valence-electron chi connectivity index (χ2n) is 5.40. The number of carbonyl (C=O) groups excluding carboxylic acids is 1. The van der Waals surface area contributed by atoms with Crippen molar-refractivity contribution in [3.8, 4) is 5.69 Å². The van der Waals surface area contributed by atoms with Gasteiger partial charge in [0.05, 0.1) is 5.69 Å². The van der Waals surface area contributed by atoms with Gasteiger partial charge in [-0.3, -0.25) is 4.79 Å². The number of nitrogens with two attached hydrogens (primary N) is 1. The van der Waals surface area contributed by atoms with Crippen LogP contribution < -0.4 is 5.73 Å². The molecule has 2 N–H and O–H groups in total. The first kappa shape index (κ1) is 17.0. The summed E-state index contributed by atoms with van der Waals surface area (Å²) in [6.07, 6.45) is 0.853. The third-order valence-electron chi connectivity index (χ3n) is 3.69. The van der Waals surface area contributed by atoms with Gasteiger partial charge in [0.25, 0.3) is 5.91 Å². The van der Waals surface area contributed by atoms with Crippen molar-refractivity contribution in [2.45, 2.75) is 19.4 Å². The van der Waals surface area contributed by atoms with Crippen molar-refractivity contribution in [2.75, 3.05) is 13.1 Å². The van der Waals surface area contributed by atoms with Crippen LogP contribution in [-0.4, -0.2) is 39.7 Å². The summed E-state index contributed by atoms with van der Waals surface area (Å²) < 4.78 is 2.32. The summed E-state index contributed by atoms with van der Waals surface area (Å²) in [4.78, 5) is 14.4. The van der Waals surface area contributed by atoms with Crippen LogP contribution >= 0.6 is 28.3 Å². The van der Waals surface area contributed by atoms with Gasteiger partial charge in [-0.15, -0.1) is 12.4 Å². The molecule has 1 saturated heterocycles. The van der Waals surface area contributed by atoms with Gasteiger partial charge < -0.3 is 10.6 Å². The van der Waals surface area contributed by atoms with Gasteiger partial charge in [0.2, 0.25) is 0 Å². The number of nitrogens with zero attached hydrogens (tertiary/aromatic N) is 3. The fourth-order valence-corrected chi connectivity index (χ4v) is 2.90. The van der Waals surface area contributed by atoms with Gasteiger partial charge in [-0.25, -0.2) is 4.68 Å². The Morgan fingerprint density at radius 1 is 1.36 bits per heavy atom. The number of likely N-dealkylation sites (tertiary alicyclic amines) is 1. The van der Waals surface area contributed by atoms with E-state index in [9.17, 15) is 4.79 Å². The highest BCUT2D eigenvalue weighted by atomic mass is 79.9. The summed E-state index contributed by atoms with van der Waals surface area (Å²) in [6, 6.07) is 9.76. The standard InChI is InChI=1S/C15H17BrN4O.ClH/c1-10-2-4-12(5-3-10)20-13(8-14(16)18-20)15(21)19-7-6-11(17)9-19;/h2-5,8,11H,6-7,9,17H2,1H3;1H. The maximum Gasteiger partial charge on any atom is 0.272 e. The minimum absolute atomic E-state index is 0. The number of aryl methyl sites for hydroxylation is 1. The Bertz CT molecular complexity index is 671. The fraction of sp³-hybridized carbons (Fsp3) is 0.333. The van der Waals surface area contributed by atoms with E-state index in [-0.39, 0.29) is 24.4 Å². The first-order valence-electron chi connectivity index (χ1n) is 6.92. The highest BCUT2D eigenvalue weighted by molar-refractivity contribution is 9.10. The SMILES string of the molecule is Cc1ccc(-n2nc(Br)cc2C(=O)N2CCC(N)C2)cc1.Cl. The molecule has 2 heterocycles. The first-order chi connectivity index (χ1) is 10.0. The van der Waals surface area contributed by atoms with Crippen LogP contribution in [0.1, 0.15) is 22.5 Å². The molecule has 22 heavy (non-hydrogen) atoms. The highest BCUT2D eigenvalue weighted by Gasteiger charge is 2.27. The van der Waals surface area contributed by atoms with E-state index in [4.69, 9.17) is 5.73 Å². The maximum atomic E-state index is 12.7. The number of rotatable bonds is 2. The Kier molecular flexibility index (Phi) is 5.26. The smallest absolute Gasteiger partial charge is 0.272 e. The minimum Gasteiger partial charge on any atom is -0.336 e. The highest BCUT2D eigenvalue weighted by Crippen LogP contribution is 2.20. The summed E-state index contributed by atoms with van der Waals surface area (Å²) >= 11 is 3.36. The second-order valence-corrected chi connectivity index (χ2v) is 6.21. The molecule has 1 atom stereocenters. The van der Waals surface area contributed by atoms with Crippen LogP contribution in [0, 0.1) is 6.92 Å². The summed E-state index contributed by atoms with van der Waals surface area (Å²) in [6.45, 7) is 3.34. The van der Waals surface area contributed by atoms with Gasteiger partial charge in [0.15, 0.2) is 0 Å². The predicted octanol–water partition coefficient (Wildman–Crippen LogP) is 2.54. The lowest BCUT2D eigenvalue weighted by atomic mass is 10.2. The Hall–Kier alpha value is -1.37. The Balaban J connectivity index is 0.00000176. The molecule has 1 aliphatic heterocycles. The number of carbonyl (C=O) groups is 1. The van der Waals surface area contributed by atoms with Crippen LogP contribution in [0.3, 0.4) is 0 Å². The molecular formula is C15H18BrClN4O. The lowest BCUT2D eigenvalue weighted by Gasteiger charge is -2.16. The normalized spacial score (nSPS) is 17.4. The molecule has 0 radical (unpaired) electrons. The van der Waals surface area contributed by atoms with E-state index >= 15 is 0 Å². The molecule has 1 aliphatic rings. The molecule has 3 rings (SSSR count). The van der Waals surface area contributed by atoms with Crippen molar-refractivity contribution in [3.63, 3.8) is 0 Å². The van der Waals surface area contributed by atoms with Crippen LogP contribution in [0.15, 0.2) is 34.9 Å². The van der Waals surface area contributed by atoms with Gasteiger partial charge in [-0.05, 0) is 41.4 Å². The Labute approximate surface area is 144 Å². The van der Waals surface area contributed by atoms with E-state index in [1.54, 1.807) is 15.6 Å². The molecule has 1 unspecified atom stereocenters. The summed E-state index contributed by atoms with van der Waals surface area (Å²) in [5.41, 5.74) is 8.48. The van der Waals surface area contributed by atoms with Gasteiger partial charge in [0, 0.05) is 25.2 Å². The van der Waals surface area contributed by atoms with Crippen LogP contribution in [0.4, 0.5) is 0 Å². The molecule has 1 amide bonds.